The van der Waals surface area contributed by atoms with Gasteiger partial charge in [-0.2, -0.15) is 0 Å². The first kappa shape index (κ1) is 23.0. The number of allylic oxidation sites excluding steroid dienone is 1. The maximum absolute atomic E-state index is 12.6. The molecule has 1 atom stereocenters. The average Bonchev–Trinajstić information content (AvgIpc) is 3.40. The van der Waals surface area contributed by atoms with Gasteiger partial charge in [0.2, 0.25) is 0 Å². The Morgan fingerprint density at radius 1 is 1.09 bits per heavy atom. The monoisotopic (exact) mass is 487 g/mol. The van der Waals surface area contributed by atoms with Crippen LogP contribution in [-0.2, 0) is 14.9 Å². The van der Waals surface area contributed by atoms with Crippen molar-refractivity contribution in [2.45, 2.75) is 38.2 Å². The van der Waals surface area contributed by atoms with E-state index in [0.29, 0.717) is 25.1 Å². The number of nitrogens with zero attached hydrogens (tertiary/aromatic N) is 2. The van der Waals surface area contributed by atoms with E-state index < -0.39 is 17.5 Å². The summed E-state index contributed by atoms with van der Waals surface area (Å²) in [4.78, 5) is 34.0. The summed E-state index contributed by atoms with van der Waals surface area (Å²) in [5.41, 5.74) is 4.38. The van der Waals surface area contributed by atoms with Crippen LogP contribution in [0, 0.1) is 0 Å². The maximum atomic E-state index is 12.6. The molecular weight excluding hydrogens is 462 g/mol. The van der Waals surface area contributed by atoms with Crippen LogP contribution in [0.4, 0.5) is 4.79 Å². The van der Waals surface area contributed by atoms with Gasteiger partial charge in [-0.1, -0.05) is 54.6 Å². The highest BCUT2D eigenvalue weighted by atomic mass is 32.1. The lowest BCUT2D eigenvalue weighted by Crippen LogP contribution is -2.27. The number of carbonyl (C=O) groups excluding carboxylic acids is 1. The Balaban J connectivity index is 1.31. The van der Waals surface area contributed by atoms with Crippen LogP contribution in [0.2, 0.25) is 0 Å². The minimum Gasteiger partial charge on any atom is -0.481 e. The van der Waals surface area contributed by atoms with E-state index in [1.54, 1.807) is 6.20 Å². The summed E-state index contributed by atoms with van der Waals surface area (Å²) in [6, 6.07) is 17.5. The first-order valence-corrected chi connectivity index (χ1v) is 12.3. The van der Waals surface area contributed by atoms with Crippen molar-refractivity contribution in [3.63, 3.8) is 0 Å². The van der Waals surface area contributed by atoms with E-state index in [2.05, 4.69) is 15.3 Å². The number of amides is 1. The van der Waals surface area contributed by atoms with E-state index in [0.717, 1.165) is 37.9 Å². The Labute approximate surface area is 207 Å². The zero-order valence-electron chi connectivity index (χ0n) is 19.4. The normalized spacial score (nSPS) is 17.0. The third-order valence-corrected chi connectivity index (χ3v) is 7.79. The molecule has 1 unspecified atom stereocenters. The van der Waals surface area contributed by atoms with Crippen molar-refractivity contribution < 1.29 is 19.4 Å². The largest absolute Gasteiger partial charge is 0.481 e. The number of hydrogen-bond acceptors (Lipinski definition) is 6. The molecule has 5 rings (SSSR count). The first-order valence-electron chi connectivity index (χ1n) is 11.4. The lowest BCUT2D eigenvalue weighted by molar-refractivity contribution is -0.139. The molecule has 1 aliphatic carbocycles. The van der Waals surface area contributed by atoms with E-state index in [1.165, 1.54) is 11.3 Å². The fourth-order valence-electron chi connectivity index (χ4n) is 4.19. The van der Waals surface area contributed by atoms with Crippen molar-refractivity contribution in [2.24, 2.45) is 4.99 Å². The van der Waals surface area contributed by atoms with Gasteiger partial charge < -0.3 is 9.84 Å². The molecule has 0 saturated heterocycles. The summed E-state index contributed by atoms with van der Waals surface area (Å²) in [7, 11) is 0. The number of aliphatic imine (C=N–C) groups is 1. The summed E-state index contributed by atoms with van der Waals surface area (Å²) in [5, 5.41) is 13.2. The van der Waals surface area contributed by atoms with Crippen LogP contribution < -0.4 is 5.32 Å². The summed E-state index contributed by atoms with van der Waals surface area (Å²) < 4.78 is 5.57. The summed E-state index contributed by atoms with van der Waals surface area (Å²) in [5.74, 6) is -0.775. The first-order chi connectivity index (χ1) is 16.9. The molecule has 1 fully saturated rings. The van der Waals surface area contributed by atoms with Crippen molar-refractivity contribution in [1.29, 1.82) is 0 Å². The molecule has 1 aromatic heterocycles. The van der Waals surface area contributed by atoms with Gasteiger partial charge >= 0.3 is 12.1 Å². The molecule has 35 heavy (non-hydrogen) atoms. The minimum absolute atomic E-state index is 0.378. The number of aromatic nitrogens is 1. The zero-order valence-corrected chi connectivity index (χ0v) is 20.3. The minimum atomic E-state index is -0.775. The third kappa shape index (κ3) is 4.49. The average molecular weight is 488 g/mol. The van der Waals surface area contributed by atoms with Crippen molar-refractivity contribution in [3.8, 4) is 10.6 Å². The number of aliphatic carboxylic acids is 1. The van der Waals surface area contributed by atoms with Crippen LogP contribution >= 0.6 is 11.3 Å². The molecule has 2 N–H and O–H groups in total. The number of carbonyl (C=O) groups is 2. The Morgan fingerprint density at radius 2 is 1.77 bits per heavy atom. The maximum Gasteiger partial charge on any atom is 0.412 e. The number of ether oxygens (including phenoxy) is 1. The Bertz CT molecular complexity index is 1340. The van der Waals surface area contributed by atoms with E-state index in [9.17, 15) is 14.7 Å². The van der Waals surface area contributed by atoms with Crippen LogP contribution in [0.5, 0.6) is 0 Å². The number of hydrogen-bond donors (Lipinski definition) is 2. The second kappa shape index (κ2) is 9.11. The van der Waals surface area contributed by atoms with Gasteiger partial charge in [0.15, 0.2) is 0 Å². The SMILES string of the molecule is CC1=NCC(c2ccc(-c3ncc(C4(C(=O)O)CC4)s3)cc2)=C1NC(=O)OC(C)c1ccccc1. The highest BCUT2D eigenvalue weighted by molar-refractivity contribution is 7.15. The molecule has 0 spiro atoms. The van der Waals surface area contributed by atoms with E-state index >= 15 is 0 Å². The predicted octanol–water partition coefficient (Wildman–Crippen LogP) is 5.60. The van der Waals surface area contributed by atoms with Gasteiger partial charge in [-0.05, 0) is 37.8 Å². The predicted molar refractivity (Wildman–Crippen MR) is 135 cm³/mol. The van der Waals surface area contributed by atoms with Crippen LogP contribution in [0.3, 0.4) is 0 Å². The molecule has 3 aromatic rings. The van der Waals surface area contributed by atoms with Gasteiger partial charge in [-0.25, -0.2) is 9.78 Å². The Morgan fingerprint density at radius 3 is 2.43 bits per heavy atom. The number of carboxylic acids is 1. The van der Waals surface area contributed by atoms with Gasteiger partial charge in [0.25, 0.3) is 0 Å². The van der Waals surface area contributed by atoms with Gasteiger partial charge in [0.05, 0.1) is 18.0 Å². The van der Waals surface area contributed by atoms with Gasteiger partial charge in [-0.15, -0.1) is 11.3 Å². The number of benzene rings is 2. The van der Waals surface area contributed by atoms with Crippen molar-refractivity contribution in [3.05, 3.63) is 82.5 Å². The summed E-state index contributed by atoms with van der Waals surface area (Å²) in [6.07, 6.45) is 2.12. The molecule has 178 valence electrons. The molecule has 1 saturated carbocycles. The van der Waals surface area contributed by atoms with Crippen LogP contribution in [-0.4, -0.2) is 34.4 Å². The topological polar surface area (TPSA) is 101 Å². The molecule has 2 aromatic carbocycles. The standard InChI is InChI=1S/C27H25N3O4S/c1-16-23(30-26(33)34-17(2)18-6-4-3-5-7-18)21(14-28-16)19-8-10-20(11-9-19)24-29-15-22(35-24)27(12-13-27)25(31)32/h3-11,15,17H,12-14H2,1-2H3,(H,30,33)(H,31,32). The molecule has 1 aliphatic heterocycles. The number of carboxylic acid groups (broad SMARTS) is 1. The van der Waals surface area contributed by atoms with Crippen molar-refractivity contribution in [1.82, 2.24) is 10.3 Å². The van der Waals surface area contributed by atoms with Crippen LogP contribution in [0.15, 0.2) is 71.5 Å². The Hall–Kier alpha value is -3.78. The molecular formula is C27H25N3O4S. The highest BCUT2D eigenvalue weighted by Crippen LogP contribution is 2.51. The van der Waals surface area contributed by atoms with Crippen molar-refractivity contribution >= 4 is 34.7 Å². The molecule has 7 nitrogen and oxygen atoms in total. The number of alkyl carbamates (subject to hydrolysis) is 1. The highest BCUT2D eigenvalue weighted by Gasteiger charge is 2.53. The lowest BCUT2D eigenvalue weighted by Gasteiger charge is -2.16. The fourth-order valence-corrected chi connectivity index (χ4v) is 5.35. The van der Waals surface area contributed by atoms with E-state index in [1.807, 2.05) is 68.4 Å². The van der Waals surface area contributed by atoms with Gasteiger partial charge in [-0.3, -0.25) is 15.1 Å². The number of rotatable bonds is 7. The van der Waals surface area contributed by atoms with E-state index in [-0.39, 0.29) is 6.10 Å². The van der Waals surface area contributed by atoms with Crippen LogP contribution in [0.25, 0.3) is 16.1 Å². The number of thiazole rings is 1. The van der Waals surface area contributed by atoms with Crippen molar-refractivity contribution in [2.75, 3.05) is 6.54 Å². The quantitative estimate of drug-likeness (QED) is 0.452. The second-order valence-electron chi connectivity index (χ2n) is 8.83. The molecule has 8 heteroatoms. The van der Waals surface area contributed by atoms with Gasteiger partial charge in [0.1, 0.15) is 16.5 Å². The molecule has 1 amide bonds. The summed E-state index contributed by atoms with van der Waals surface area (Å²) in [6.45, 7) is 4.17. The molecule has 0 bridgehead atoms. The second-order valence-corrected chi connectivity index (χ2v) is 9.86. The molecule has 0 radical (unpaired) electrons. The van der Waals surface area contributed by atoms with Gasteiger partial charge in [0, 0.05) is 22.2 Å². The fraction of sp³-hybridized carbons (Fsp3) is 0.259. The number of nitrogens with one attached hydrogen (secondary N) is 1. The summed E-state index contributed by atoms with van der Waals surface area (Å²) >= 11 is 1.43. The van der Waals surface area contributed by atoms with E-state index in [4.69, 9.17) is 4.74 Å². The van der Waals surface area contributed by atoms with Crippen LogP contribution in [0.1, 0.15) is 48.8 Å². The molecule has 2 heterocycles. The Kier molecular flexibility index (Phi) is 5.98. The lowest BCUT2D eigenvalue weighted by atomic mass is 10.0. The molecule has 2 aliphatic rings. The third-order valence-electron chi connectivity index (χ3n) is 6.53. The zero-order chi connectivity index (χ0) is 24.6. The smallest absolute Gasteiger partial charge is 0.412 e.